The van der Waals surface area contributed by atoms with E-state index in [1.807, 2.05) is 54.6 Å². The van der Waals surface area contributed by atoms with Crippen molar-refractivity contribution in [3.8, 4) is 0 Å². The van der Waals surface area contributed by atoms with Crippen molar-refractivity contribution in [2.24, 2.45) is 0 Å². The molecule has 1 heterocycles. The molecular formula is C21H24ClN3O2. The van der Waals surface area contributed by atoms with Gasteiger partial charge in [0.15, 0.2) is 0 Å². The normalized spacial score (nSPS) is 16.2. The van der Waals surface area contributed by atoms with Crippen LogP contribution in [0.1, 0.15) is 24.0 Å². The molecule has 1 atom stereocenters. The summed E-state index contributed by atoms with van der Waals surface area (Å²) in [5.74, 6) is -0.0867. The van der Waals surface area contributed by atoms with Crippen LogP contribution in [0.15, 0.2) is 54.6 Å². The van der Waals surface area contributed by atoms with Gasteiger partial charge in [0.05, 0.1) is 0 Å². The third kappa shape index (κ3) is 5.47. The minimum absolute atomic E-state index is 0.0867. The molecule has 3 amide bonds. The van der Waals surface area contributed by atoms with Gasteiger partial charge in [0, 0.05) is 24.7 Å². The topological polar surface area (TPSA) is 61.4 Å². The predicted molar refractivity (Wildman–Crippen MR) is 107 cm³/mol. The zero-order valence-corrected chi connectivity index (χ0v) is 15.9. The molecule has 0 radical (unpaired) electrons. The summed E-state index contributed by atoms with van der Waals surface area (Å²) in [6.07, 6.45) is 2.27. The van der Waals surface area contributed by atoms with E-state index in [2.05, 4.69) is 10.6 Å². The van der Waals surface area contributed by atoms with Gasteiger partial charge in [-0.3, -0.25) is 4.79 Å². The van der Waals surface area contributed by atoms with Gasteiger partial charge in [-0.2, -0.15) is 0 Å². The van der Waals surface area contributed by atoms with E-state index < -0.39 is 6.04 Å². The molecule has 0 unspecified atom stereocenters. The first kappa shape index (κ1) is 19.2. The van der Waals surface area contributed by atoms with Gasteiger partial charge in [-0.05, 0) is 42.5 Å². The fraction of sp³-hybridized carbons (Fsp3) is 0.333. The Kier molecular flexibility index (Phi) is 6.71. The Morgan fingerprint density at radius 1 is 1.00 bits per heavy atom. The van der Waals surface area contributed by atoms with E-state index in [0.717, 1.165) is 24.0 Å². The van der Waals surface area contributed by atoms with E-state index in [4.69, 9.17) is 11.6 Å². The number of carbonyl (C=O) groups excluding carboxylic acids is 2. The Hall–Kier alpha value is -2.53. The number of hydrogen-bond acceptors (Lipinski definition) is 2. The second-order valence-corrected chi connectivity index (χ2v) is 7.10. The third-order valence-corrected chi connectivity index (χ3v) is 4.98. The first-order valence-electron chi connectivity index (χ1n) is 9.24. The number of benzene rings is 2. The summed E-state index contributed by atoms with van der Waals surface area (Å²) in [5.41, 5.74) is 2.15. The SMILES string of the molecule is O=C(NCCc1ccc(Cl)cc1)[C@@H]1CCCN1C(=O)NCc1ccccc1. The second-order valence-electron chi connectivity index (χ2n) is 6.66. The number of nitrogens with one attached hydrogen (secondary N) is 2. The van der Waals surface area contributed by atoms with Crippen LogP contribution in [0, 0.1) is 0 Å². The molecule has 1 saturated heterocycles. The Morgan fingerprint density at radius 2 is 1.74 bits per heavy atom. The highest BCUT2D eigenvalue weighted by atomic mass is 35.5. The number of rotatable bonds is 6. The summed E-state index contributed by atoms with van der Waals surface area (Å²) in [5, 5.41) is 6.56. The molecule has 3 rings (SSSR count). The molecule has 0 spiro atoms. The van der Waals surface area contributed by atoms with Crippen LogP contribution in [0.25, 0.3) is 0 Å². The maximum absolute atomic E-state index is 12.5. The van der Waals surface area contributed by atoms with Crippen molar-refractivity contribution in [2.75, 3.05) is 13.1 Å². The Morgan fingerprint density at radius 3 is 2.48 bits per heavy atom. The molecule has 6 heteroatoms. The van der Waals surface area contributed by atoms with E-state index in [-0.39, 0.29) is 11.9 Å². The first-order chi connectivity index (χ1) is 13.1. The van der Waals surface area contributed by atoms with Gasteiger partial charge < -0.3 is 15.5 Å². The van der Waals surface area contributed by atoms with E-state index in [0.29, 0.717) is 31.1 Å². The number of urea groups is 1. The number of hydrogen-bond donors (Lipinski definition) is 2. The molecule has 2 N–H and O–H groups in total. The van der Waals surface area contributed by atoms with Crippen molar-refractivity contribution in [1.82, 2.24) is 15.5 Å². The van der Waals surface area contributed by atoms with Crippen molar-refractivity contribution in [2.45, 2.75) is 31.8 Å². The molecule has 2 aromatic rings. The van der Waals surface area contributed by atoms with Gasteiger partial charge in [-0.15, -0.1) is 0 Å². The van der Waals surface area contributed by atoms with Crippen molar-refractivity contribution < 1.29 is 9.59 Å². The number of nitrogens with zero attached hydrogens (tertiary/aromatic N) is 1. The van der Waals surface area contributed by atoms with Crippen molar-refractivity contribution in [3.05, 3.63) is 70.7 Å². The highest BCUT2D eigenvalue weighted by Crippen LogP contribution is 2.17. The largest absolute Gasteiger partial charge is 0.354 e. The molecule has 0 aromatic heterocycles. The lowest BCUT2D eigenvalue weighted by molar-refractivity contribution is -0.124. The van der Waals surface area contributed by atoms with Crippen LogP contribution >= 0.6 is 11.6 Å². The molecule has 1 aliphatic rings. The first-order valence-corrected chi connectivity index (χ1v) is 9.62. The summed E-state index contributed by atoms with van der Waals surface area (Å²) >= 11 is 5.88. The minimum Gasteiger partial charge on any atom is -0.354 e. The second kappa shape index (κ2) is 9.42. The van der Waals surface area contributed by atoms with Crippen LogP contribution in [-0.2, 0) is 17.8 Å². The van der Waals surface area contributed by atoms with E-state index in [9.17, 15) is 9.59 Å². The summed E-state index contributed by atoms with van der Waals surface area (Å²) in [6, 6.07) is 16.7. The fourth-order valence-electron chi connectivity index (χ4n) is 3.26. The van der Waals surface area contributed by atoms with Gasteiger partial charge in [0.2, 0.25) is 5.91 Å². The fourth-order valence-corrected chi connectivity index (χ4v) is 3.38. The van der Waals surface area contributed by atoms with Crippen LogP contribution in [0.5, 0.6) is 0 Å². The molecule has 2 aromatic carbocycles. The average molecular weight is 386 g/mol. The standard InChI is InChI=1S/C21H24ClN3O2/c22-18-10-8-16(9-11-18)12-13-23-20(26)19-7-4-14-25(19)21(27)24-15-17-5-2-1-3-6-17/h1-3,5-6,8-11,19H,4,7,12-15H2,(H,23,26)(H,24,27)/t19-/m0/s1. The van der Waals surface area contributed by atoms with Crippen LogP contribution in [-0.4, -0.2) is 36.0 Å². The average Bonchev–Trinajstić information content (AvgIpc) is 3.18. The zero-order chi connectivity index (χ0) is 19.1. The number of likely N-dealkylation sites (tertiary alicyclic amines) is 1. The maximum atomic E-state index is 12.5. The molecular weight excluding hydrogens is 362 g/mol. The quantitative estimate of drug-likeness (QED) is 0.800. The Balaban J connectivity index is 1.46. The van der Waals surface area contributed by atoms with Gasteiger partial charge in [-0.25, -0.2) is 4.79 Å². The smallest absolute Gasteiger partial charge is 0.318 e. The molecule has 27 heavy (non-hydrogen) atoms. The molecule has 142 valence electrons. The van der Waals surface area contributed by atoms with Crippen LogP contribution in [0.4, 0.5) is 4.79 Å². The monoisotopic (exact) mass is 385 g/mol. The lowest BCUT2D eigenvalue weighted by Gasteiger charge is -2.24. The Labute approximate surface area is 164 Å². The third-order valence-electron chi connectivity index (χ3n) is 4.73. The lowest BCUT2D eigenvalue weighted by Crippen LogP contribution is -2.49. The van der Waals surface area contributed by atoms with Gasteiger partial charge in [0.1, 0.15) is 6.04 Å². The minimum atomic E-state index is -0.397. The van der Waals surface area contributed by atoms with Crippen LogP contribution < -0.4 is 10.6 Å². The molecule has 0 aliphatic carbocycles. The highest BCUT2D eigenvalue weighted by molar-refractivity contribution is 6.30. The molecule has 0 bridgehead atoms. The van der Waals surface area contributed by atoms with Crippen molar-refractivity contribution >= 4 is 23.5 Å². The van der Waals surface area contributed by atoms with E-state index >= 15 is 0 Å². The summed E-state index contributed by atoms with van der Waals surface area (Å²) in [6.45, 7) is 1.60. The molecule has 0 saturated carbocycles. The van der Waals surface area contributed by atoms with Crippen molar-refractivity contribution in [1.29, 1.82) is 0 Å². The van der Waals surface area contributed by atoms with E-state index in [1.54, 1.807) is 4.90 Å². The molecule has 1 fully saturated rings. The number of amides is 3. The van der Waals surface area contributed by atoms with E-state index in [1.165, 1.54) is 0 Å². The zero-order valence-electron chi connectivity index (χ0n) is 15.2. The van der Waals surface area contributed by atoms with Crippen molar-refractivity contribution in [3.63, 3.8) is 0 Å². The van der Waals surface area contributed by atoms with Crippen LogP contribution in [0.3, 0.4) is 0 Å². The predicted octanol–water partition coefficient (Wildman–Crippen LogP) is 3.37. The number of halogens is 1. The molecule has 1 aliphatic heterocycles. The molecule has 5 nitrogen and oxygen atoms in total. The van der Waals surface area contributed by atoms with Gasteiger partial charge in [0.25, 0.3) is 0 Å². The van der Waals surface area contributed by atoms with Crippen LogP contribution in [0.2, 0.25) is 5.02 Å². The van der Waals surface area contributed by atoms with Gasteiger partial charge >= 0.3 is 6.03 Å². The lowest BCUT2D eigenvalue weighted by atomic mass is 10.1. The maximum Gasteiger partial charge on any atom is 0.318 e. The number of carbonyl (C=O) groups is 2. The van der Waals surface area contributed by atoms with Gasteiger partial charge in [-0.1, -0.05) is 54.1 Å². The highest BCUT2D eigenvalue weighted by Gasteiger charge is 2.33. The summed E-state index contributed by atoms with van der Waals surface area (Å²) in [7, 11) is 0. The Bertz CT molecular complexity index is 765. The summed E-state index contributed by atoms with van der Waals surface area (Å²) in [4.78, 5) is 26.6. The summed E-state index contributed by atoms with van der Waals surface area (Å²) < 4.78 is 0.